The lowest BCUT2D eigenvalue weighted by Crippen LogP contribution is -2.43. The van der Waals surface area contributed by atoms with E-state index < -0.39 is 33.6 Å². The van der Waals surface area contributed by atoms with Crippen molar-refractivity contribution in [2.75, 3.05) is 5.75 Å². The number of carboxylic acids is 1. The molecule has 0 saturated heterocycles. The predicted octanol–water partition coefficient (Wildman–Crippen LogP) is 0.433. The van der Waals surface area contributed by atoms with Crippen LogP contribution in [0.4, 0.5) is 5.69 Å². The zero-order valence-electron chi connectivity index (χ0n) is 11.1. The minimum absolute atomic E-state index is 0.152. The number of benzene rings is 1. The Balaban J connectivity index is 2.79. The summed E-state index contributed by atoms with van der Waals surface area (Å²) < 4.78 is 12.0. The van der Waals surface area contributed by atoms with Gasteiger partial charge in [0.05, 0.1) is 16.4 Å². The number of nitrogens with zero attached hydrogens (tertiary/aromatic N) is 1. The molecule has 1 rings (SSSR count). The van der Waals surface area contributed by atoms with Crippen LogP contribution >= 0.6 is 0 Å². The Morgan fingerprint density at radius 3 is 2.57 bits per heavy atom. The minimum atomic E-state index is -1.66. The molecule has 114 valence electrons. The highest BCUT2D eigenvalue weighted by Crippen LogP contribution is 2.19. The largest absolute Gasteiger partial charge is 0.480 e. The van der Waals surface area contributed by atoms with Gasteiger partial charge in [-0.05, 0) is 0 Å². The van der Waals surface area contributed by atoms with Crippen molar-refractivity contribution in [2.45, 2.75) is 18.7 Å². The number of carbonyl (C=O) groups excluding carboxylic acids is 1. The van der Waals surface area contributed by atoms with Gasteiger partial charge < -0.3 is 10.4 Å². The molecule has 0 heterocycles. The van der Waals surface area contributed by atoms with Gasteiger partial charge in [-0.1, -0.05) is 18.2 Å². The Labute approximate surface area is 122 Å². The molecule has 9 heteroatoms. The molecular formula is C12H14N2O6S. The second-order valence-electron chi connectivity index (χ2n) is 4.23. The van der Waals surface area contributed by atoms with Gasteiger partial charge in [0, 0.05) is 29.4 Å². The van der Waals surface area contributed by atoms with E-state index in [1.807, 2.05) is 0 Å². The number of rotatable bonds is 7. The molecule has 0 saturated carbocycles. The average molecular weight is 314 g/mol. The molecule has 2 N–H and O–H groups in total. The molecule has 0 bridgehead atoms. The van der Waals surface area contributed by atoms with Gasteiger partial charge in [0.1, 0.15) is 6.04 Å². The van der Waals surface area contributed by atoms with Crippen LogP contribution in [-0.2, 0) is 26.1 Å². The van der Waals surface area contributed by atoms with Gasteiger partial charge in [-0.2, -0.15) is 0 Å². The quantitative estimate of drug-likeness (QED) is 0.555. The fraction of sp³-hybridized carbons (Fsp3) is 0.333. The van der Waals surface area contributed by atoms with Crippen LogP contribution < -0.4 is 5.32 Å². The summed E-state index contributed by atoms with van der Waals surface area (Å²) in [7, 11) is -1.66. The summed E-state index contributed by atoms with van der Waals surface area (Å²) in [6.07, 6.45) is 0. The van der Waals surface area contributed by atoms with E-state index in [2.05, 4.69) is 5.32 Å². The number of nitro groups is 1. The summed E-state index contributed by atoms with van der Waals surface area (Å²) >= 11 is 0. The first-order valence-electron chi connectivity index (χ1n) is 5.88. The highest BCUT2D eigenvalue weighted by molar-refractivity contribution is 7.84. The predicted molar refractivity (Wildman–Crippen MR) is 75.1 cm³/mol. The third-order valence-electron chi connectivity index (χ3n) is 2.53. The maximum Gasteiger partial charge on any atom is 0.327 e. The maximum atomic E-state index is 12.0. The van der Waals surface area contributed by atoms with Crippen LogP contribution in [0.5, 0.6) is 0 Å². The molecule has 1 unspecified atom stereocenters. The van der Waals surface area contributed by atoms with E-state index in [1.54, 1.807) is 6.07 Å². The van der Waals surface area contributed by atoms with Crippen LogP contribution in [0.3, 0.4) is 0 Å². The molecule has 0 aliphatic carbocycles. The number of hydrogen-bond donors (Lipinski definition) is 2. The van der Waals surface area contributed by atoms with E-state index >= 15 is 0 Å². The van der Waals surface area contributed by atoms with E-state index in [9.17, 15) is 23.9 Å². The Kier molecular flexibility index (Phi) is 5.97. The molecule has 2 atom stereocenters. The number of amides is 1. The smallest absolute Gasteiger partial charge is 0.327 e. The minimum Gasteiger partial charge on any atom is -0.480 e. The lowest BCUT2D eigenvalue weighted by atomic mass is 10.2. The maximum absolute atomic E-state index is 12.0. The zero-order chi connectivity index (χ0) is 16.0. The van der Waals surface area contributed by atoms with E-state index in [0.29, 0.717) is 0 Å². The molecule has 0 aromatic heterocycles. The van der Waals surface area contributed by atoms with E-state index in [1.165, 1.54) is 18.2 Å². The Morgan fingerprint density at radius 2 is 2.05 bits per heavy atom. The summed E-state index contributed by atoms with van der Waals surface area (Å²) in [5.41, 5.74) is 0.0880. The first-order chi connectivity index (χ1) is 9.81. The third kappa shape index (κ3) is 5.30. The first kappa shape index (κ1) is 16.8. The summed E-state index contributed by atoms with van der Waals surface area (Å²) in [6, 6.07) is 4.52. The highest BCUT2D eigenvalue weighted by atomic mass is 32.2. The SMILES string of the molecule is CC(=O)N[C@@H](CS(=O)Cc1ccccc1[N+](=O)[O-])C(=O)O. The Hall–Kier alpha value is -2.29. The molecule has 0 spiro atoms. The standard InChI is InChI=1S/C12H14N2O6S/c1-8(15)13-10(12(16)17)7-21(20)6-9-4-2-3-5-11(9)14(18)19/h2-5,10H,6-7H2,1H3,(H,13,15)(H,16,17)/t10-,21?/m0/s1. The fourth-order valence-electron chi connectivity index (χ4n) is 1.65. The molecule has 21 heavy (non-hydrogen) atoms. The average Bonchev–Trinajstić information content (AvgIpc) is 2.37. The van der Waals surface area contributed by atoms with Crippen molar-refractivity contribution in [3.8, 4) is 0 Å². The Morgan fingerprint density at radius 1 is 1.43 bits per heavy atom. The number of nitrogens with one attached hydrogen (secondary N) is 1. The summed E-state index contributed by atoms with van der Waals surface area (Å²) in [6.45, 7) is 1.15. The number of para-hydroxylation sites is 1. The topological polar surface area (TPSA) is 127 Å². The van der Waals surface area contributed by atoms with Crippen LogP contribution in [0, 0.1) is 10.1 Å². The summed E-state index contributed by atoms with van der Waals surface area (Å²) in [5.74, 6) is -2.33. The van der Waals surface area contributed by atoms with Gasteiger partial charge in [0.25, 0.3) is 5.69 Å². The molecule has 1 aromatic rings. The van der Waals surface area contributed by atoms with E-state index in [0.717, 1.165) is 6.92 Å². The molecular weight excluding hydrogens is 300 g/mol. The van der Waals surface area contributed by atoms with Crippen LogP contribution in [0.15, 0.2) is 24.3 Å². The highest BCUT2D eigenvalue weighted by Gasteiger charge is 2.23. The van der Waals surface area contributed by atoms with Crippen LogP contribution in [0.25, 0.3) is 0 Å². The summed E-state index contributed by atoms with van der Waals surface area (Å²) in [5, 5.41) is 21.9. The van der Waals surface area contributed by atoms with Crippen molar-refractivity contribution >= 4 is 28.4 Å². The lowest BCUT2D eigenvalue weighted by molar-refractivity contribution is -0.385. The number of aliphatic carboxylic acids is 1. The van der Waals surface area contributed by atoms with Gasteiger partial charge in [-0.15, -0.1) is 0 Å². The second-order valence-corrected chi connectivity index (χ2v) is 5.73. The fourth-order valence-corrected chi connectivity index (χ4v) is 2.96. The van der Waals surface area contributed by atoms with Crippen LogP contribution in [0.1, 0.15) is 12.5 Å². The van der Waals surface area contributed by atoms with Crippen molar-refractivity contribution < 1.29 is 23.8 Å². The number of hydrogen-bond acceptors (Lipinski definition) is 5. The van der Waals surface area contributed by atoms with E-state index in [-0.39, 0.29) is 22.8 Å². The first-order valence-corrected chi connectivity index (χ1v) is 7.37. The second kappa shape index (κ2) is 7.48. The van der Waals surface area contributed by atoms with Gasteiger partial charge in [0.15, 0.2) is 0 Å². The van der Waals surface area contributed by atoms with E-state index in [4.69, 9.17) is 5.11 Å². The monoisotopic (exact) mass is 314 g/mol. The zero-order valence-corrected chi connectivity index (χ0v) is 12.0. The molecule has 0 aliphatic rings. The molecule has 0 fully saturated rings. The molecule has 0 radical (unpaired) electrons. The van der Waals surface area contributed by atoms with Crippen LogP contribution in [0.2, 0.25) is 0 Å². The van der Waals surface area contributed by atoms with Gasteiger partial charge in [0.2, 0.25) is 5.91 Å². The number of nitro benzene ring substituents is 1. The van der Waals surface area contributed by atoms with Gasteiger partial charge in [-0.25, -0.2) is 4.79 Å². The Bertz CT molecular complexity index is 589. The van der Waals surface area contributed by atoms with Crippen LogP contribution in [-0.4, -0.2) is 37.9 Å². The number of carbonyl (C=O) groups is 2. The molecule has 8 nitrogen and oxygen atoms in total. The van der Waals surface area contributed by atoms with Crippen molar-refractivity contribution in [1.29, 1.82) is 0 Å². The van der Waals surface area contributed by atoms with Crippen molar-refractivity contribution in [1.82, 2.24) is 5.32 Å². The summed E-state index contributed by atoms with van der Waals surface area (Å²) in [4.78, 5) is 32.1. The normalized spacial score (nSPS) is 13.2. The number of carboxylic acid groups (broad SMARTS) is 1. The van der Waals surface area contributed by atoms with Crippen molar-refractivity contribution in [3.63, 3.8) is 0 Å². The molecule has 1 amide bonds. The molecule has 1 aromatic carbocycles. The van der Waals surface area contributed by atoms with Gasteiger partial charge in [-0.3, -0.25) is 19.1 Å². The molecule has 0 aliphatic heterocycles. The van der Waals surface area contributed by atoms with Crippen molar-refractivity contribution in [2.24, 2.45) is 0 Å². The van der Waals surface area contributed by atoms with Crippen molar-refractivity contribution in [3.05, 3.63) is 39.9 Å². The third-order valence-corrected chi connectivity index (χ3v) is 3.87. The lowest BCUT2D eigenvalue weighted by Gasteiger charge is -2.12. The van der Waals surface area contributed by atoms with Gasteiger partial charge >= 0.3 is 5.97 Å².